The van der Waals surface area contributed by atoms with Crippen molar-refractivity contribution in [1.29, 1.82) is 0 Å². The van der Waals surface area contributed by atoms with Gasteiger partial charge in [-0.25, -0.2) is 0 Å². The molecule has 5 rings (SSSR count). The molecule has 1 saturated heterocycles. The van der Waals surface area contributed by atoms with Gasteiger partial charge in [0.05, 0.1) is 6.10 Å². The van der Waals surface area contributed by atoms with Gasteiger partial charge in [-0.3, -0.25) is 4.79 Å². The number of hydrogen-bond acceptors (Lipinski definition) is 3. The molecule has 170 valence electrons. The summed E-state index contributed by atoms with van der Waals surface area (Å²) in [5.74, 6) is 3.97. The number of Topliss-reactive ketones (excluding diaryl/α,β-unsaturated/α-hetero) is 1. The highest BCUT2D eigenvalue weighted by molar-refractivity contribution is 5.91. The number of epoxide rings is 1. The van der Waals surface area contributed by atoms with Gasteiger partial charge in [0, 0.05) is 17.8 Å². The van der Waals surface area contributed by atoms with Crippen LogP contribution >= 0.6 is 0 Å². The third-order valence-electron chi connectivity index (χ3n) is 11.1. The second kappa shape index (κ2) is 7.04. The highest BCUT2D eigenvalue weighted by Crippen LogP contribution is 2.73. The number of hydrogen-bond donors (Lipinski definition) is 1. The third-order valence-corrected chi connectivity index (χ3v) is 11.1. The third kappa shape index (κ3) is 2.79. The Hall–Kier alpha value is -0.410. The molecule has 5 fully saturated rings. The Balaban J connectivity index is 1.37. The van der Waals surface area contributed by atoms with Crippen molar-refractivity contribution in [3.05, 3.63) is 0 Å². The van der Waals surface area contributed by atoms with Crippen LogP contribution in [0.2, 0.25) is 0 Å². The monoisotopic (exact) mass is 416 g/mol. The fourth-order valence-electron chi connectivity index (χ4n) is 9.37. The van der Waals surface area contributed by atoms with Crippen LogP contribution in [0.5, 0.6) is 0 Å². The molecule has 1 heterocycles. The average molecular weight is 417 g/mol. The lowest BCUT2D eigenvalue weighted by molar-refractivity contribution is -0.151. The molecule has 0 bridgehead atoms. The van der Waals surface area contributed by atoms with E-state index < -0.39 is 0 Å². The Morgan fingerprint density at radius 1 is 1.03 bits per heavy atom. The van der Waals surface area contributed by atoms with Crippen LogP contribution < -0.4 is 0 Å². The Labute approximate surface area is 183 Å². The van der Waals surface area contributed by atoms with Crippen LogP contribution in [0.25, 0.3) is 0 Å². The molecule has 0 aromatic heterocycles. The van der Waals surface area contributed by atoms with E-state index in [9.17, 15) is 9.90 Å². The highest BCUT2D eigenvalue weighted by Gasteiger charge is 2.79. The van der Waals surface area contributed by atoms with Crippen LogP contribution in [0, 0.1) is 46.3 Å². The van der Waals surface area contributed by atoms with Crippen molar-refractivity contribution in [3.63, 3.8) is 0 Å². The minimum atomic E-state index is -0.335. The number of ether oxygens (including phenoxy) is 1. The van der Waals surface area contributed by atoms with E-state index in [0.717, 1.165) is 30.6 Å². The lowest BCUT2D eigenvalue weighted by Gasteiger charge is -2.58. The van der Waals surface area contributed by atoms with E-state index in [-0.39, 0.29) is 29.1 Å². The first kappa shape index (κ1) is 21.4. The summed E-state index contributed by atoms with van der Waals surface area (Å²) in [6, 6.07) is 0. The molecule has 0 aromatic rings. The fourth-order valence-corrected chi connectivity index (χ4v) is 9.37. The molecule has 5 aliphatic rings. The van der Waals surface area contributed by atoms with Crippen LogP contribution in [0.1, 0.15) is 98.8 Å². The van der Waals surface area contributed by atoms with Crippen LogP contribution in [0.15, 0.2) is 0 Å². The molecule has 10 atom stereocenters. The molecule has 4 saturated carbocycles. The van der Waals surface area contributed by atoms with Gasteiger partial charge in [-0.15, -0.1) is 0 Å². The molecule has 0 amide bonds. The average Bonchev–Trinajstić information content (AvgIpc) is 3.29. The van der Waals surface area contributed by atoms with Crippen molar-refractivity contribution in [2.75, 3.05) is 0 Å². The maximum absolute atomic E-state index is 13.7. The molecule has 4 aliphatic carbocycles. The zero-order valence-electron chi connectivity index (χ0n) is 20.0. The minimum Gasteiger partial charge on any atom is -0.393 e. The predicted molar refractivity (Wildman–Crippen MR) is 119 cm³/mol. The second-order valence-electron chi connectivity index (χ2n) is 12.9. The van der Waals surface area contributed by atoms with Gasteiger partial charge in [0.15, 0.2) is 5.78 Å². The second-order valence-corrected chi connectivity index (χ2v) is 12.9. The molecule has 0 aromatic carbocycles. The summed E-state index contributed by atoms with van der Waals surface area (Å²) in [7, 11) is 0. The molecular formula is C27H44O3. The molecule has 3 nitrogen and oxygen atoms in total. The SMILES string of the molecule is CC(C)CCC[C@@H](C)[C@H]1CC[C@H]2[C@@H]3C(=O)[C@@H]4O[C@@]45C[C@@H](O)CC[C@]5(C)[C@H]3CC[C@]12C. The van der Waals surface area contributed by atoms with Crippen molar-refractivity contribution in [2.24, 2.45) is 46.3 Å². The summed E-state index contributed by atoms with van der Waals surface area (Å²) < 4.78 is 6.27. The van der Waals surface area contributed by atoms with Gasteiger partial charge >= 0.3 is 0 Å². The van der Waals surface area contributed by atoms with E-state index in [1.54, 1.807) is 0 Å². The number of ketones is 1. The number of carbonyl (C=O) groups excluding carboxylic acids is 1. The van der Waals surface area contributed by atoms with E-state index in [1.807, 2.05) is 0 Å². The first-order valence-corrected chi connectivity index (χ1v) is 13.0. The number of fused-ring (bicyclic) bond motifs is 4. The van der Waals surface area contributed by atoms with Crippen molar-refractivity contribution in [3.8, 4) is 0 Å². The first-order valence-electron chi connectivity index (χ1n) is 13.0. The van der Waals surface area contributed by atoms with E-state index >= 15 is 0 Å². The van der Waals surface area contributed by atoms with Gasteiger partial charge in [0.2, 0.25) is 0 Å². The maximum Gasteiger partial charge on any atom is 0.168 e. The zero-order valence-corrected chi connectivity index (χ0v) is 20.0. The Morgan fingerprint density at radius 3 is 2.53 bits per heavy atom. The summed E-state index contributed by atoms with van der Waals surface area (Å²) in [6.45, 7) is 12.1. The summed E-state index contributed by atoms with van der Waals surface area (Å²) in [5, 5.41) is 10.3. The van der Waals surface area contributed by atoms with E-state index in [1.165, 1.54) is 44.9 Å². The smallest absolute Gasteiger partial charge is 0.168 e. The van der Waals surface area contributed by atoms with Gasteiger partial charge < -0.3 is 9.84 Å². The van der Waals surface area contributed by atoms with Crippen LogP contribution in [-0.4, -0.2) is 28.7 Å². The zero-order chi connectivity index (χ0) is 21.5. The molecule has 0 unspecified atom stereocenters. The molecule has 3 heteroatoms. The van der Waals surface area contributed by atoms with Gasteiger partial charge in [0.1, 0.15) is 11.7 Å². The number of aliphatic hydroxyl groups excluding tert-OH is 1. The molecule has 30 heavy (non-hydrogen) atoms. The standard InChI is InChI=1S/C27H44O3/c1-16(2)7-6-8-17(3)19-9-10-20-22-21(12-13-25(19,20)4)26(5)14-11-18(28)15-27(26)24(30-27)23(22)29/h16-22,24,28H,6-15H2,1-5H3/t17-,18+,19-,20+,21+,22+,24+,25-,26-,27+/m1/s1. The van der Waals surface area contributed by atoms with Crippen molar-refractivity contribution < 1.29 is 14.6 Å². The molecular weight excluding hydrogens is 372 g/mol. The van der Waals surface area contributed by atoms with E-state index in [4.69, 9.17) is 4.74 Å². The Bertz CT molecular complexity index is 702. The number of rotatable bonds is 5. The van der Waals surface area contributed by atoms with Gasteiger partial charge in [-0.05, 0) is 73.5 Å². The van der Waals surface area contributed by atoms with Crippen molar-refractivity contribution in [1.82, 2.24) is 0 Å². The van der Waals surface area contributed by atoms with Crippen LogP contribution in [-0.2, 0) is 9.53 Å². The van der Waals surface area contributed by atoms with Crippen molar-refractivity contribution in [2.45, 2.75) is 117 Å². The fraction of sp³-hybridized carbons (Fsp3) is 0.963. The number of aliphatic hydroxyl groups is 1. The number of carbonyl (C=O) groups is 1. The summed E-state index contributed by atoms with van der Waals surface area (Å²) in [4.78, 5) is 13.7. The lowest BCUT2D eigenvalue weighted by Crippen LogP contribution is -2.61. The van der Waals surface area contributed by atoms with Gasteiger partial charge in [-0.2, -0.15) is 0 Å². The highest BCUT2D eigenvalue weighted by atomic mass is 16.6. The summed E-state index contributed by atoms with van der Waals surface area (Å²) in [5.41, 5.74) is 0.0735. The van der Waals surface area contributed by atoms with Gasteiger partial charge in [0.25, 0.3) is 0 Å². The van der Waals surface area contributed by atoms with E-state index in [2.05, 4.69) is 34.6 Å². The molecule has 0 radical (unpaired) electrons. The summed E-state index contributed by atoms with van der Waals surface area (Å²) in [6.07, 6.45) is 11.1. The first-order chi connectivity index (χ1) is 14.1. The Kier molecular flexibility index (Phi) is 5.03. The molecule has 1 spiro atoms. The Morgan fingerprint density at radius 2 is 1.80 bits per heavy atom. The van der Waals surface area contributed by atoms with Crippen molar-refractivity contribution >= 4 is 5.78 Å². The largest absolute Gasteiger partial charge is 0.393 e. The molecule has 1 aliphatic heterocycles. The quantitative estimate of drug-likeness (QED) is 0.578. The van der Waals surface area contributed by atoms with E-state index in [0.29, 0.717) is 29.5 Å². The predicted octanol–water partition coefficient (Wildman–Crippen LogP) is 5.78. The lowest BCUT2D eigenvalue weighted by atomic mass is 9.44. The molecule has 1 N–H and O–H groups in total. The minimum absolute atomic E-state index is 0.0811. The normalized spacial score (nSPS) is 53.0. The topological polar surface area (TPSA) is 49.8 Å². The van der Waals surface area contributed by atoms with Crippen LogP contribution in [0.4, 0.5) is 0 Å². The van der Waals surface area contributed by atoms with Crippen LogP contribution in [0.3, 0.4) is 0 Å². The summed E-state index contributed by atoms with van der Waals surface area (Å²) >= 11 is 0. The maximum atomic E-state index is 13.7. The van der Waals surface area contributed by atoms with Gasteiger partial charge in [-0.1, -0.05) is 53.9 Å².